The Morgan fingerprint density at radius 1 is 1.00 bits per heavy atom. The summed E-state index contributed by atoms with van der Waals surface area (Å²) < 4.78 is 45.5. The highest BCUT2D eigenvalue weighted by Gasteiger charge is 2.37. The third-order valence-corrected chi connectivity index (χ3v) is 4.49. The highest BCUT2D eigenvalue weighted by atomic mass is 32.2. The third-order valence-electron chi connectivity index (χ3n) is 3.74. The van der Waals surface area contributed by atoms with E-state index in [0.717, 1.165) is 10.5 Å². The van der Waals surface area contributed by atoms with E-state index < -0.39 is 12.0 Å². The van der Waals surface area contributed by atoms with Gasteiger partial charge in [-0.05, 0) is 54.3 Å². The van der Waals surface area contributed by atoms with Crippen molar-refractivity contribution in [1.82, 2.24) is 14.8 Å². The smallest absolute Gasteiger partial charge is 0.453 e. The van der Waals surface area contributed by atoms with E-state index in [9.17, 15) is 13.2 Å². The molecule has 1 heterocycles. The number of rotatable bonds is 5. The van der Waals surface area contributed by atoms with E-state index in [1.54, 1.807) is 61.3 Å². The normalized spacial score (nSPS) is 11.9. The van der Waals surface area contributed by atoms with E-state index in [1.807, 2.05) is 18.4 Å². The maximum Gasteiger partial charge on any atom is 0.453 e. The summed E-state index contributed by atoms with van der Waals surface area (Å²) in [6.07, 6.45) is 0.491. The lowest BCUT2D eigenvalue weighted by atomic mass is 10.2. The van der Waals surface area contributed by atoms with Gasteiger partial charge in [0.25, 0.3) is 5.82 Å². The summed E-state index contributed by atoms with van der Waals surface area (Å²) in [5.41, 5.74) is 1.31. The van der Waals surface area contributed by atoms with Gasteiger partial charge < -0.3 is 4.74 Å². The molecule has 0 amide bonds. The van der Waals surface area contributed by atoms with Crippen molar-refractivity contribution in [2.75, 3.05) is 13.4 Å². The van der Waals surface area contributed by atoms with E-state index in [4.69, 9.17) is 4.74 Å². The number of alkyl halides is 3. The second-order valence-electron chi connectivity index (χ2n) is 5.51. The van der Waals surface area contributed by atoms with Crippen LogP contribution < -0.4 is 4.74 Å². The minimum Gasteiger partial charge on any atom is -0.497 e. The van der Waals surface area contributed by atoms with E-state index >= 15 is 0 Å². The van der Waals surface area contributed by atoms with Gasteiger partial charge in [-0.15, -0.1) is 16.9 Å². The van der Waals surface area contributed by atoms with Crippen LogP contribution >= 0.6 is 11.8 Å². The molecule has 27 heavy (non-hydrogen) atoms. The first-order valence-corrected chi connectivity index (χ1v) is 9.14. The maximum absolute atomic E-state index is 13.1. The predicted molar refractivity (Wildman–Crippen MR) is 100 cm³/mol. The number of methoxy groups -OCH3 is 1. The van der Waals surface area contributed by atoms with Gasteiger partial charge in [0.2, 0.25) is 0 Å². The molecule has 0 N–H and O–H groups in total. The van der Waals surface area contributed by atoms with Crippen LogP contribution in [0.5, 0.6) is 5.75 Å². The van der Waals surface area contributed by atoms with Gasteiger partial charge in [0.05, 0.1) is 12.8 Å². The molecule has 2 aromatic carbocycles. The number of aromatic nitrogens is 3. The average Bonchev–Trinajstić information content (AvgIpc) is 3.11. The molecule has 0 atom stereocenters. The van der Waals surface area contributed by atoms with Crippen LogP contribution in [0.15, 0.2) is 53.4 Å². The van der Waals surface area contributed by atoms with Crippen molar-refractivity contribution in [3.63, 3.8) is 0 Å². The summed E-state index contributed by atoms with van der Waals surface area (Å²) in [6, 6.07) is 14.2. The standard InChI is InChI=1S/C19H16F3N3OS/c1-26-15-8-3-13(4-9-15)5-12-17-23-18(19(20,21)22)24-25(17)14-6-10-16(27-2)11-7-14/h3-12H,1-2H3. The first kappa shape index (κ1) is 19.0. The molecule has 4 nitrogen and oxygen atoms in total. The Hall–Kier alpha value is -2.74. The number of nitrogens with zero attached hydrogens (tertiary/aromatic N) is 3. The molecule has 140 valence electrons. The van der Waals surface area contributed by atoms with E-state index in [1.165, 1.54) is 10.8 Å². The number of ether oxygens (including phenoxy) is 1. The third kappa shape index (κ3) is 4.51. The van der Waals surface area contributed by atoms with Crippen LogP contribution in [0.1, 0.15) is 17.2 Å². The van der Waals surface area contributed by atoms with Gasteiger partial charge >= 0.3 is 6.18 Å². The molecule has 3 rings (SSSR count). The molecular weight excluding hydrogens is 375 g/mol. The largest absolute Gasteiger partial charge is 0.497 e. The maximum atomic E-state index is 13.1. The van der Waals surface area contributed by atoms with Gasteiger partial charge in [0.1, 0.15) is 5.75 Å². The first-order chi connectivity index (χ1) is 12.9. The van der Waals surface area contributed by atoms with Crippen LogP contribution in [0, 0.1) is 0 Å². The summed E-state index contributed by atoms with van der Waals surface area (Å²) in [6.45, 7) is 0. The van der Waals surface area contributed by atoms with Crippen molar-refractivity contribution in [3.05, 3.63) is 65.7 Å². The number of hydrogen-bond acceptors (Lipinski definition) is 4. The van der Waals surface area contributed by atoms with Crippen molar-refractivity contribution in [3.8, 4) is 11.4 Å². The zero-order valence-electron chi connectivity index (χ0n) is 14.6. The molecule has 0 saturated heterocycles. The highest BCUT2D eigenvalue weighted by molar-refractivity contribution is 7.98. The Labute approximate surface area is 158 Å². The zero-order valence-corrected chi connectivity index (χ0v) is 15.4. The molecule has 3 aromatic rings. The number of thioether (sulfide) groups is 1. The summed E-state index contributed by atoms with van der Waals surface area (Å²) in [4.78, 5) is 4.66. The summed E-state index contributed by atoms with van der Waals surface area (Å²) >= 11 is 1.55. The van der Waals surface area contributed by atoms with Crippen molar-refractivity contribution >= 4 is 23.9 Å². The molecule has 0 radical (unpaired) electrons. The Bertz CT molecular complexity index is 932. The minimum absolute atomic E-state index is 0.0926. The lowest BCUT2D eigenvalue weighted by Gasteiger charge is -2.04. The summed E-state index contributed by atoms with van der Waals surface area (Å²) in [5.74, 6) is -0.385. The molecule has 0 aliphatic heterocycles. The van der Waals surface area contributed by atoms with Crippen molar-refractivity contribution in [1.29, 1.82) is 0 Å². The van der Waals surface area contributed by atoms with Crippen molar-refractivity contribution in [2.45, 2.75) is 11.1 Å². The lowest BCUT2D eigenvalue weighted by Crippen LogP contribution is -2.08. The molecule has 1 aromatic heterocycles. The van der Waals surface area contributed by atoms with Gasteiger partial charge in [0, 0.05) is 4.90 Å². The van der Waals surface area contributed by atoms with Crippen molar-refractivity contribution < 1.29 is 17.9 Å². The fourth-order valence-electron chi connectivity index (χ4n) is 2.35. The van der Waals surface area contributed by atoms with E-state index in [-0.39, 0.29) is 5.82 Å². The first-order valence-electron chi connectivity index (χ1n) is 7.91. The topological polar surface area (TPSA) is 39.9 Å². The van der Waals surface area contributed by atoms with Gasteiger partial charge in [-0.1, -0.05) is 18.2 Å². The van der Waals surface area contributed by atoms with Gasteiger partial charge in [0.15, 0.2) is 5.82 Å². The molecule has 0 unspecified atom stereocenters. The Kier molecular flexibility index (Phi) is 5.55. The molecule has 0 bridgehead atoms. The molecule has 8 heteroatoms. The average molecular weight is 391 g/mol. The molecule has 0 spiro atoms. The van der Waals surface area contributed by atoms with Crippen LogP contribution in [-0.4, -0.2) is 28.1 Å². The molecule has 0 aliphatic rings. The van der Waals surface area contributed by atoms with Crippen LogP contribution in [0.3, 0.4) is 0 Å². The second-order valence-corrected chi connectivity index (χ2v) is 6.39. The summed E-state index contributed by atoms with van der Waals surface area (Å²) in [7, 11) is 1.56. The van der Waals surface area contributed by atoms with Gasteiger partial charge in [-0.3, -0.25) is 0 Å². The van der Waals surface area contributed by atoms with Gasteiger partial charge in [-0.25, -0.2) is 9.67 Å². The van der Waals surface area contributed by atoms with Crippen molar-refractivity contribution in [2.24, 2.45) is 0 Å². The second kappa shape index (κ2) is 7.87. The molecule has 0 saturated carbocycles. The zero-order chi connectivity index (χ0) is 19.4. The molecule has 0 aliphatic carbocycles. The quantitative estimate of drug-likeness (QED) is 0.562. The van der Waals surface area contributed by atoms with E-state index in [2.05, 4.69) is 10.1 Å². The summed E-state index contributed by atoms with van der Waals surface area (Å²) in [5, 5.41) is 3.65. The van der Waals surface area contributed by atoms with E-state index in [0.29, 0.717) is 11.4 Å². The Balaban J connectivity index is 1.98. The van der Waals surface area contributed by atoms with Gasteiger partial charge in [-0.2, -0.15) is 13.2 Å². The fourth-order valence-corrected chi connectivity index (χ4v) is 2.76. The molecular formula is C19H16F3N3OS. The number of hydrogen-bond donors (Lipinski definition) is 0. The van der Waals surface area contributed by atoms with Crippen LogP contribution in [-0.2, 0) is 6.18 Å². The fraction of sp³-hybridized carbons (Fsp3) is 0.158. The number of benzene rings is 2. The van der Waals surface area contributed by atoms with Crippen LogP contribution in [0.4, 0.5) is 13.2 Å². The molecule has 0 fully saturated rings. The predicted octanol–water partition coefficient (Wildman–Crippen LogP) is 5.19. The minimum atomic E-state index is -4.62. The SMILES string of the molecule is COc1ccc(C=Cc2nc(C(F)(F)F)nn2-c2ccc(SC)cc2)cc1. The number of halogens is 3. The Morgan fingerprint density at radius 3 is 2.22 bits per heavy atom. The van der Waals surface area contributed by atoms with Crippen LogP contribution in [0.2, 0.25) is 0 Å². The van der Waals surface area contributed by atoms with Crippen LogP contribution in [0.25, 0.3) is 17.8 Å². The highest BCUT2D eigenvalue weighted by Crippen LogP contribution is 2.28. The lowest BCUT2D eigenvalue weighted by molar-refractivity contribution is -0.144. The monoisotopic (exact) mass is 391 g/mol. The Morgan fingerprint density at radius 2 is 1.67 bits per heavy atom.